The first-order valence-corrected chi connectivity index (χ1v) is 5.87. The van der Waals surface area contributed by atoms with Crippen LogP contribution in [0.15, 0.2) is 22.7 Å². The summed E-state index contributed by atoms with van der Waals surface area (Å²) in [5, 5.41) is 9.28. The van der Waals surface area contributed by atoms with Crippen LogP contribution in [0, 0.1) is 11.7 Å². The highest BCUT2D eigenvalue weighted by atomic mass is 79.9. The molecular formula is C11H11BrF3NO. The molecule has 3 atom stereocenters. The van der Waals surface area contributed by atoms with E-state index in [9.17, 15) is 18.3 Å². The lowest BCUT2D eigenvalue weighted by molar-refractivity contribution is 0.0261. The van der Waals surface area contributed by atoms with Gasteiger partial charge in [0.1, 0.15) is 11.4 Å². The SMILES string of the molecule is N[C@@](c1cc(Br)ccc1F)(C(F)F)[C@H]1C[C@H]1O. The molecule has 1 aromatic rings. The monoisotopic (exact) mass is 309 g/mol. The Kier molecular flexibility index (Phi) is 3.22. The molecule has 1 saturated carbocycles. The van der Waals surface area contributed by atoms with E-state index < -0.39 is 29.8 Å². The zero-order valence-electron chi connectivity index (χ0n) is 8.71. The van der Waals surface area contributed by atoms with Gasteiger partial charge in [-0.15, -0.1) is 0 Å². The summed E-state index contributed by atoms with van der Waals surface area (Å²) in [4.78, 5) is 0. The fourth-order valence-corrected chi connectivity index (χ4v) is 2.36. The average Bonchev–Trinajstić information content (AvgIpc) is 2.98. The largest absolute Gasteiger partial charge is 0.393 e. The van der Waals surface area contributed by atoms with Crippen molar-refractivity contribution in [1.29, 1.82) is 0 Å². The van der Waals surface area contributed by atoms with E-state index in [1.165, 1.54) is 12.1 Å². The van der Waals surface area contributed by atoms with Gasteiger partial charge in [0.15, 0.2) is 0 Å². The zero-order chi connectivity index (χ0) is 12.8. The number of aliphatic hydroxyl groups is 1. The van der Waals surface area contributed by atoms with Gasteiger partial charge in [0.05, 0.1) is 6.10 Å². The molecule has 1 aliphatic carbocycles. The minimum Gasteiger partial charge on any atom is -0.393 e. The molecule has 2 rings (SSSR count). The second-order valence-corrected chi connectivity index (χ2v) is 5.18. The number of nitrogens with two attached hydrogens (primary N) is 1. The van der Waals surface area contributed by atoms with E-state index in [0.29, 0.717) is 4.47 Å². The molecule has 2 nitrogen and oxygen atoms in total. The summed E-state index contributed by atoms with van der Waals surface area (Å²) in [5.74, 6) is -1.58. The van der Waals surface area contributed by atoms with Crippen LogP contribution in [0.1, 0.15) is 12.0 Å². The van der Waals surface area contributed by atoms with Gasteiger partial charge in [-0.3, -0.25) is 0 Å². The third-order valence-corrected chi connectivity index (χ3v) is 3.62. The van der Waals surface area contributed by atoms with Gasteiger partial charge in [-0.05, 0) is 24.6 Å². The van der Waals surface area contributed by atoms with Gasteiger partial charge < -0.3 is 10.8 Å². The Hall–Kier alpha value is -0.590. The van der Waals surface area contributed by atoms with E-state index in [-0.39, 0.29) is 12.0 Å². The van der Waals surface area contributed by atoms with Crippen LogP contribution < -0.4 is 5.73 Å². The Morgan fingerprint density at radius 1 is 1.47 bits per heavy atom. The van der Waals surface area contributed by atoms with Gasteiger partial charge in [-0.25, -0.2) is 13.2 Å². The molecule has 3 N–H and O–H groups in total. The molecule has 0 spiro atoms. The van der Waals surface area contributed by atoms with E-state index >= 15 is 0 Å². The fraction of sp³-hybridized carbons (Fsp3) is 0.455. The highest BCUT2D eigenvalue weighted by Crippen LogP contribution is 2.48. The quantitative estimate of drug-likeness (QED) is 0.900. The molecule has 17 heavy (non-hydrogen) atoms. The molecule has 1 aromatic carbocycles. The molecule has 0 aromatic heterocycles. The third-order valence-electron chi connectivity index (χ3n) is 3.13. The van der Waals surface area contributed by atoms with Crippen molar-refractivity contribution in [2.75, 3.05) is 0 Å². The Balaban J connectivity index is 2.49. The third kappa shape index (κ3) is 2.09. The van der Waals surface area contributed by atoms with Crippen molar-refractivity contribution >= 4 is 15.9 Å². The number of alkyl halides is 2. The lowest BCUT2D eigenvalue weighted by Crippen LogP contribution is -2.47. The van der Waals surface area contributed by atoms with Gasteiger partial charge in [0, 0.05) is 16.0 Å². The van der Waals surface area contributed by atoms with Crippen LogP contribution in [0.2, 0.25) is 0 Å². The fourth-order valence-electron chi connectivity index (χ4n) is 2.00. The minimum absolute atomic E-state index is 0.173. The Morgan fingerprint density at radius 2 is 2.06 bits per heavy atom. The van der Waals surface area contributed by atoms with E-state index in [0.717, 1.165) is 6.07 Å². The Bertz CT molecular complexity index is 443. The number of aliphatic hydroxyl groups excluding tert-OH is 1. The standard InChI is InChI=1S/C11H11BrF3NO/c12-5-1-2-8(13)6(3-5)11(16,10(14)15)7-4-9(7)17/h1-3,7,9-10,17H,4,16H2/t7-,9+,11+/m0/s1. The molecule has 0 bridgehead atoms. The summed E-state index contributed by atoms with van der Waals surface area (Å²) >= 11 is 3.09. The average molecular weight is 310 g/mol. The topological polar surface area (TPSA) is 46.2 Å². The van der Waals surface area contributed by atoms with Crippen LogP contribution in [0.25, 0.3) is 0 Å². The Labute approximate surface area is 105 Å². The van der Waals surface area contributed by atoms with Gasteiger partial charge in [-0.1, -0.05) is 15.9 Å². The molecule has 1 fully saturated rings. The summed E-state index contributed by atoms with van der Waals surface area (Å²) in [7, 11) is 0. The molecule has 0 amide bonds. The molecule has 0 aliphatic heterocycles. The van der Waals surface area contributed by atoms with Crippen molar-refractivity contribution in [3.63, 3.8) is 0 Å². The van der Waals surface area contributed by atoms with Crippen LogP contribution in [0.4, 0.5) is 13.2 Å². The molecule has 0 unspecified atom stereocenters. The maximum absolute atomic E-state index is 13.6. The number of benzene rings is 1. The van der Waals surface area contributed by atoms with Gasteiger partial charge >= 0.3 is 0 Å². The van der Waals surface area contributed by atoms with Crippen molar-refractivity contribution in [2.24, 2.45) is 11.7 Å². The number of hydrogen-bond acceptors (Lipinski definition) is 2. The molecule has 94 valence electrons. The first-order valence-electron chi connectivity index (χ1n) is 5.08. The van der Waals surface area contributed by atoms with Crippen molar-refractivity contribution in [3.05, 3.63) is 34.1 Å². The summed E-state index contributed by atoms with van der Waals surface area (Å²) in [5.41, 5.74) is 3.26. The number of hydrogen-bond donors (Lipinski definition) is 2. The summed E-state index contributed by atoms with van der Waals surface area (Å²) in [6, 6.07) is 3.73. The molecule has 6 heteroatoms. The second-order valence-electron chi connectivity index (χ2n) is 4.27. The maximum Gasteiger partial charge on any atom is 0.260 e. The van der Waals surface area contributed by atoms with Crippen molar-refractivity contribution in [3.8, 4) is 0 Å². The molecule has 0 saturated heterocycles. The van der Waals surface area contributed by atoms with Crippen LogP contribution in [0.3, 0.4) is 0 Å². The highest BCUT2D eigenvalue weighted by molar-refractivity contribution is 9.10. The van der Waals surface area contributed by atoms with Gasteiger partial charge in [0.25, 0.3) is 6.43 Å². The van der Waals surface area contributed by atoms with Crippen LogP contribution in [-0.4, -0.2) is 17.6 Å². The lowest BCUT2D eigenvalue weighted by Gasteiger charge is -2.29. The minimum atomic E-state index is -2.94. The predicted octanol–water partition coefficient (Wildman–Crippen LogP) is 2.39. The number of rotatable bonds is 3. The van der Waals surface area contributed by atoms with Crippen molar-refractivity contribution in [2.45, 2.75) is 24.5 Å². The van der Waals surface area contributed by atoms with Crippen molar-refractivity contribution < 1.29 is 18.3 Å². The first-order chi connectivity index (χ1) is 7.87. The predicted molar refractivity (Wildman–Crippen MR) is 60.1 cm³/mol. The second kappa shape index (κ2) is 4.26. The van der Waals surface area contributed by atoms with E-state index in [1.807, 2.05) is 0 Å². The van der Waals surface area contributed by atoms with Crippen LogP contribution >= 0.6 is 15.9 Å². The molecular weight excluding hydrogens is 299 g/mol. The van der Waals surface area contributed by atoms with Gasteiger partial charge in [-0.2, -0.15) is 0 Å². The van der Waals surface area contributed by atoms with Crippen LogP contribution in [0.5, 0.6) is 0 Å². The van der Waals surface area contributed by atoms with Crippen molar-refractivity contribution in [1.82, 2.24) is 0 Å². The first kappa shape index (κ1) is 12.9. The maximum atomic E-state index is 13.6. The summed E-state index contributed by atoms with van der Waals surface area (Å²) < 4.78 is 40.4. The normalized spacial score (nSPS) is 27.0. The summed E-state index contributed by atoms with van der Waals surface area (Å²) in [6.45, 7) is 0. The van der Waals surface area contributed by atoms with Gasteiger partial charge in [0.2, 0.25) is 0 Å². The zero-order valence-corrected chi connectivity index (χ0v) is 10.3. The lowest BCUT2D eigenvalue weighted by atomic mass is 9.85. The smallest absolute Gasteiger partial charge is 0.260 e. The van der Waals surface area contributed by atoms with Crippen LogP contribution in [-0.2, 0) is 5.54 Å². The van der Waals surface area contributed by atoms with E-state index in [1.54, 1.807) is 0 Å². The molecule has 0 heterocycles. The van der Waals surface area contributed by atoms with E-state index in [2.05, 4.69) is 15.9 Å². The Morgan fingerprint density at radius 3 is 2.53 bits per heavy atom. The summed E-state index contributed by atoms with van der Waals surface area (Å²) in [6.07, 6.45) is -3.65. The molecule has 1 aliphatic rings. The molecule has 0 radical (unpaired) electrons. The van der Waals surface area contributed by atoms with E-state index in [4.69, 9.17) is 5.73 Å². The number of halogens is 4. The highest BCUT2D eigenvalue weighted by Gasteiger charge is 2.57.